The molecule has 1 N–H and O–H groups in total. The zero-order valence-corrected chi connectivity index (χ0v) is 26.6. The van der Waals surface area contributed by atoms with Crippen molar-refractivity contribution in [2.24, 2.45) is 51.8 Å². The van der Waals surface area contributed by atoms with Gasteiger partial charge < -0.3 is 9.84 Å². The summed E-state index contributed by atoms with van der Waals surface area (Å²) in [6.07, 6.45) is 13.3. The lowest BCUT2D eigenvalue weighted by Crippen LogP contribution is -2.56. The smallest absolute Gasteiger partial charge is 0.338 e. The van der Waals surface area contributed by atoms with Gasteiger partial charge in [0, 0.05) is 0 Å². The summed E-state index contributed by atoms with van der Waals surface area (Å²) in [6.45, 7) is 13.6. The van der Waals surface area contributed by atoms with Crippen LogP contribution in [0.1, 0.15) is 129 Å². The minimum absolute atomic E-state index is 0.332. The van der Waals surface area contributed by atoms with Crippen LogP contribution in [0.2, 0.25) is 0 Å². The summed E-state index contributed by atoms with van der Waals surface area (Å²) in [7, 11) is 0. The van der Waals surface area contributed by atoms with Crippen LogP contribution < -0.4 is 0 Å². The lowest BCUT2D eigenvalue weighted by atomic mass is 9.43. The summed E-state index contributed by atoms with van der Waals surface area (Å²) in [5, 5.41) is 21.1. The van der Waals surface area contributed by atoms with E-state index in [1.807, 2.05) is 32.0 Å². The fraction of sp³-hybridized carbons (Fsp3) is 0.784. The molecule has 41 heavy (non-hydrogen) atoms. The van der Waals surface area contributed by atoms with Gasteiger partial charge in [0.25, 0.3) is 0 Å². The lowest BCUT2D eigenvalue weighted by molar-refractivity contribution is -0.152. The Morgan fingerprint density at radius 3 is 2.41 bits per heavy atom. The number of aliphatic hydroxyl groups is 1. The van der Waals surface area contributed by atoms with Gasteiger partial charge in [-0.05, 0) is 149 Å². The molecule has 0 amide bonds. The van der Waals surface area contributed by atoms with Crippen molar-refractivity contribution in [3.63, 3.8) is 0 Å². The van der Waals surface area contributed by atoms with E-state index >= 15 is 0 Å². The van der Waals surface area contributed by atoms with Gasteiger partial charge in [0.15, 0.2) is 0 Å². The van der Waals surface area contributed by atoms with Crippen LogP contribution in [-0.4, -0.2) is 22.8 Å². The summed E-state index contributed by atoms with van der Waals surface area (Å²) in [5.74, 6) is 4.02. The van der Waals surface area contributed by atoms with Gasteiger partial charge in [0.05, 0.1) is 22.6 Å². The predicted octanol–water partition coefficient (Wildman–Crippen LogP) is 8.98. The normalized spacial score (nSPS) is 39.9. The largest absolute Gasteiger partial charge is 0.457 e. The zero-order chi connectivity index (χ0) is 29.6. The summed E-state index contributed by atoms with van der Waals surface area (Å²) < 4.78 is 6.01. The van der Waals surface area contributed by atoms with Crippen LogP contribution in [0, 0.1) is 63.1 Å². The molecule has 0 aromatic heterocycles. The molecule has 0 bridgehead atoms. The van der Waals surface area contributed by atoms with Gasteiger partial charge in [-0.1, -0.05) is 45.9 Å². The minimum Gasteiger partial charge on any atom is -0.457 e. The molecule has 4 heteroatoms. The first-order valence-corrected chi connectivity index (χ1v) is 16.8. The predicted molar refractivity (Wildman–Crippen MR) is 164 cm³/mol. The number of fused-ring (bicyclic) bond motifs is 5. The highest BCUT2D eigenvalue weighted by Gasteiger charge is 2.61. The molecule has 4 fully saturated rings. The molecule has 4 aliphatic rings. The summed E-state index contributed by atoms with van der Waals surface area (Å²) >= 11 is 0. The van der Waals surface area contributed by atoms with E-state index in [1.54, 1.807) is 12.1 Å². The van der Waals surface area contributed by atoms with E-state index in [-0.39, 0.29) is 5.97 Å². The van der Waals surface area contributed by atoms with E-state index in [1.165, 1.54) is 44.9 Å². The highest BCUT2D eigenvalue weighted by Crippen LogP contribution is 2.69. The topological polar surface area (TPSA) is 70.3 Å². The maximum atomic E-state index is 12.9. The van der Waals surface area contributed by atoms with Crippen LogP contribution in [-0.2, 0) is 4.74 Å². The number of hydrogen-bond acceptors (Lipinski definition) is 4. The molecule has 1 aromatic rings. The molecule has 1 aromatic carbocycles. The minimum atomic E-state index is -0.734. The van der Waals surface area contributed by atoms with E-state index in [0.29, 0.717) is 34.1 Å². The van der Waals surface area contributed by atoms with Gasteiger partial charge in [0.1, 0.15) is 6.10 Å². The molecular formula is C37H55NO3. The van der Waals surface area contributed by atoms with E-state index in [2.05, 4.69) is 33.8 Å². The quantitative estimate of drug-likeness (QED) is 0.322. The molecular weight excluding hydrogens is 506 g/mol. The van der Waals surface area contributed by atoms with Crippen molar-refractivity contribution in [2.75, 3.05) is 0 Å². The molecule has 0 saturated heterocycles. The number of benzene rings is 1. The van der Waals surface area contributed by atoms with Crippen LogP contribution in [0.5, 0.6) is 0 Å². The number of esters is 1. The lowest BCUT2D eigenvalue weighted by Gasteiger charge is -2.62. The van der Waals surface area contributed by atoms with Gasteiger partial charge in [0.2, 0.25) is 0 Å². The second-order valence-electron chi connectivity index (χ2n) is 15.8. The summed E-state index contributed by atoms with van der Waals surface area (Å²) in [5.41, 5.74) is 0.157. The molecule has 0 unspecified atom stereocenters. The van der Waals surface area contributed by atoms with E-state index in [0.717, 1.165) is 49.9 Å². The Kier molecular flexibility index (Phi) is 8.45. The Morgan fingerprint density at radius 1 is 1.02 bits per heavy atom. The Hall–Kier alpha value is -1.86. The highest BCUT2D eigenvalue weighted by atomic mass is 16.5. The third-order valence-electron chi connectivity index (χ3n) is 13.5. The van der Waals surface area contributed by atoms with Crippen LogP contribution in [0.3, 0.4) is 0 Å². The number of carbonyl (C=O) groups is 1. The standard InChI is InChI=1S/C37H55NO3/c1-7-37(40)22-21-35(5)27(23-37)14-15-28-30-17-16-29(36(30,6)20-19-31(28)35)25(2)13-18-32(34(3,4)24-38)41-33(39)26-11-9-8-10-12-26/h8-12,25,27-32,40H,7,13-23H2,1-6H3/t25-,27+,28+,29-,30+,31+,32-,35+,36-,37+/m1/s1. The second kappa shape index (κ2) is 11.3. The molecule has 4 saturated carbocycles. The second-order valence-corrected chi connectivity index (χ2v) is 15.8. The molecule has 0 radical (unpaired) electrons. The monoisotopic (exact) mass is 561 g/mol. The van der Waals surface area contributed by atoms with Gasteiger partial charge in [-0.3, -0.25) is 0 Å². The van der Waals surface area contributed by atoms with E-state index in [4.69, 9.17) is 4.74 Å². The molecule has 0 heterocycles. The Labute approximate surface area is 249 Å². The Morgan fingerprint density at radius 2 is 1.73 bits per heavy atom. The molecule has 4 aliphatic carbocycles. The third-order valence-corrected chi connectivity index (χ3v) is 13.5. The van der Waals surface area contributed by atoms with Crippen LogP contribution in [0.4, 0.5) is 0 Å². The number of ether oxygens (including phenoxy) is 1. The summed E-state index contributed by atoms with van der Waals surface area (Å²) in [6, 6.07) is 11.6. The van der Waals surface area contributed by atoms with Crippen molar-refractivity contribution in [1.82, 2.24) is 0 Å². The fourth-order valence-corrected chi connectivity index (χ4v) is 10.6. The maximum Gasteiger partial charge on any atom is 0.338 e. The van der Waals surface area contributed by atoms with Crippen molar-refractivity contribution >= 4 is 5.97 Å². The van der Waals surface area contributed by atoms with Gasteiger partial charge in [-0.25, -0.2) is 4.79 Å². The number of hydrogen-bond donors (Lipinski definition) is 1. The van der Waals surface area contributed by atoms with Crippen molar-refractivity contribution in [3.05, 3.63) is 35.9 Å². The molecule has 0 aliphatic heterocycles. The summed E-state index contributed by atoms with van der Waals surface area (Å²) in [4.78, 5) is 12.9. The van der Waals surface area contributed by atoms with Crippen LogP contribution in [0.25, 0.3) is 0 Å². The fourth-order valence-electron chi connectivity index (χ4n) is 10.6. The maximum absolute atomic E-state index is 12.9. The molecule has 226 valence electrons. The first kappa shape index (κ1) is 30.6. The SMILES string of the molecule is CC[C@]1(O)CC[C@@]2(C)[C@@H](CC[C@@H]3[C@@H]2CC[C@]2(C)[C@@H]([C@H](C)CC[C@@H](OC(=O)c4ccccc4)C(C)(C)C#N)CC[C@@H]32)C1. The average molecular weight is 562 g/mol. The number of nitrogens with zero attached hydrogens (tertiary/aromatic N) is 1. The van der Waals surface area contributed by atoms with Crippen molar-refractivity contribution < 1.29 is 14.6 Å². The number of nitriles is 1. The first-order chi connectivity index (χ1) is 19.4. The number of rotatable bonds is 8. The number of carbonyl (C=O) groups excluding carboxylic acids is 1. The Balaban J connectivity index is 1.25. The van der Waals surface area contributed by atoms with Gasteiger partial charge in [-0.15, -0.1) is 0 Å². The Bertz CT molecular complexity index is 1120. The third kappa shape index (κ3) is 5.50. The van der Waals surface area contributed by atoms with Crippen LogP contribution in [0.15, 0.2) is 30.3 Å². The van der Waals surface area contributed by atoms with Crippen molar-refractivity contribution in [2.45, 2.75) is 130 Å². The molecule has 0 spiro atoms. The van der Waals surface area contributed by atoms with E-state index in [9.17, 15) is 15.2 Å². The first-order valence-electron chi connectivity index (χ1n) is 16.8. The molecule has 4 nitrogen and oxygen atoms in total. The van der Waals surface area contributed by atoms with Crippen molar-refractivity contribution in [1.29, 1.82) is 5.26 Å². The highest BCUT2D eigenvalue weighted by molar-refractivity contribution is 5.89. The zero-order valence-electron chi connectivity index (χ0n) is 26.6. The van der Waals surface area contributed by atoms with Crippen molar-refractivity contribution in [3.8, 4) is 6.07 Å². The van der Waals surface area contributed by atoms with Gasteiger partial charge >= 0.3 is 5.97 Å². The average Bonchev–Trinajstić information content (AvgIpc) is 3.33. The molecule has 10 atom stereocenters. The molecule has 5 rings (SSSR count). The van der Waals surface area contributed by atoms with E-state index < -0.39 is 17.1 Å². The van der Waals surface area contributed by atoms with Crippen LogP contribution >= 0.6 is 0 Å². The van der Waals surface area contributed by atoms with Gasteiger partial charge in [-0.2, -0.15) is 5.26 Å².